The van der Waals surface area contributed by atoms with Gasteiger partial charge in [0.15, 0.2) is 0 Å². The van der Waals surface area contributed by atoms with Crippen molar-refractivity contribution < 1.29 is 9.53 Å². The SMILES string of the molecule is CCOC(=O)C(NCc1cccc(C)c1)C(C)C. The first-order valence-electron chi connectivity index (χ1n) is 6.50. The van der Waals surface area contributed by atoms with E-state index in [2.05, 4.69) is 30.4 Å². The first kappa shape index (κ1) is 14.7. The van der Waals surface area contributed by atoms with Crippen LogP contribution in [0, 0.1) is 12.8 Å². The third-order valence-corrected chi connectivity index (χ3v) is 2.82. The molecule has 0 bridgehead atoms. The average molecular weight is 249 g/mol. The molecule has 0 heterocycles. The Morgan fingerprint density at radius 1 is 1.39 bits per heavy atom. The van der Waals surface area contributed by atoms with Crippen molar-refractivity contribution in [1.82, 2.24) is 5.32 Å². The van der Waals surface area contributed by atoms with Gasteiger partial charge in [0.1, 0.15) is 6.04 Å². The Morgan fingerprint density at radius 3 is 2.67 bits per heavy atom. The summed E-state index contributed by atoms with van der Waals surface area (Å²) >= 11 is 0. The summed E-state index contributed by atoms with van der Waals surface area (Å²) in [5, 5.41) is 3.27. The van der Waals surface area contributed by atoms with E-state index in [9.17, 15) is 4.79 Å². The molecule has 1 unspecified atom stereocenters. The number of esters is 1. The van der Waals surface area contributed by atoms with Crippen molar-refractivity contribution in [3.05, 3.63) is 35.4 Å². The van der Waals surface area contributed by atoms with Gasteiger partial charge < -0.3 is 10.1 Å². The molecule has 100 valence electrons. The molecule has 0 radical (unpaired) electrons. The molecule has 18 heavy (non-hydrogen) atoms. The predicted molar refractivity (Wildman–Crippen MR) is 73.3 cm³/mol. The van der Waals surface area contributed by atoms with Gasteiger partial charge in [-0.3, -0.25) is 4.79 Å². The van der Waals surface area contributed by atoms with Crippen LogP contribution in [0.3, 0.4) is 0 Å². The third kappa shape index (κ3) is 4.49. The lowest BCUT2D eigenvalue weighted by molar-refractivity contribution is -0.146. The zero-order valence-electron chi connectivity index (χ0n) is 11.7. The van der Waals surface area contributed by atoms with Gasteiger partial charge in [0.2, 0.25) is 0 Å². The van der Waals surface area contributed by atoms with Gasteiger partial charge in [0.25, 0.3) is 0 Å². The molecule has 0 amide bonds. The van der Waals surface area contributed by atoms with Crippen LogP contribution in [0.15, 0.2) is 24.3 Å². The minimum Gasteiger partial charge on any atom is -0.465 e. The van der Waals surface area contributed by atoms with Crippen LogP contribution in [0.5, 0.6) is 0 Å². The Balaban J connectivity index is 2.60. The van der Waals surface area contributed by atoms with Gasteiger partial charge in [0.05, 0.1) is 6.61 Å². The minimum absolute atomic E-state index is 0.167. The maximum Gasteiger partial charge on any atom is 0.323 e. The molecule has 1 N–H and O–H groups in total. The second kappa shape index (κ2) is 7.17. The monoisotopic (exact) mass is 249 g/mol. The van der Waals surface area contributed by atoms with Gasteiger partial charge in [-0.05, 0) is 25.3 Å². The molecule has 3 heteroatoms. The maximum absolute atomic E-state index is 11.8. The van der Waals surface area contributed by atoms with E-state index in [1.807, 2.05) is 26.8 Å². The Kier molecular flexibility index (Phi) is 5.86. The molecule has 0 aliphatic carbocycles. The fraction of sp³-hybridized carbons (Fsp3) is 0.533. The number of nitrogens with one attached hydrogen (secondary N) is 1. The highest BCUT2D eigenvalue weighted by atomic mass is 16.5. The summed E-state index contributed by atoms with van der Waals surface area (Å²) in [6, 6.07) is 8.03. The van der Waals surface area contributed by atoms with Gasteiger partial charge in [0, 0.05) is 6.54 Å². The number of carbonyl (C=O) groups excluding carboxylic acids is 1. The fourth-order valence-corrected chi connectivity index (χ4v) is 1.87. The number of benzene rings is 1. The normalized spacial score (nSPS) is 12.5. The maximum atomic E-state index is 11.8. The summed E-state index contributed by atoms with van der Waals surface area (Å²) in [6.45, 7) is 9.04. The van der Waals surface area contributed by atoms with Gasteiger partial charge in [-0.25, -0.2) is 0 Å². The van der Waals surface area contributed by atoms with E-state index in [0.717, 1.165) is 0 Å². The second-order valence-electron chi connectivity index (χ2n) is 4.84. The van der Waals surface area contributed by atoms with Crippen molar-refractivity contribution in [3.63, 3.8) is 0 Å². The molecule has 0 aromatic heterocycles. The van der Waals surface area contributed by atoms with Crippen LogP contribution in [-0.2, 0) is 16.1 Å². The molecule has 0 spiro atoms. The van der Waals surface area contributed by atoms with Crippen molar-refractivity contribution in [2.45, 2.75) is 40.3 Å². The number of hydrogen-bond acceptors (Lipinski definition) is 3. The zero-order valence-corrected chi connectivity index (χ0v) is 11.7. The van der Waals surface area contributed by atoms with E-state index >= 15 is 0 Å². The summed E-state index contributed by atoms with van der Waals surface area (Å²) in [5.41, 5.74) is 2.41. The summed E-state index contributed by atoms with van der Waals surface area (Å²) < 4.78 is 5.08. The minimum atomic E-state index is -0.245. The predicted octanol–water partition coefficient (Wildman–Crippen LogP) is 2.67. The van der Waals surface area contributed by atoms with Crippen LogP contribution in [0.4, 0.5) is 0 Å². The van der Waals surface area contributed by atoms with Crippen LogP contribution < -0.4 is 5.32 Å². The summed E-state index contributed by atoms with van der Waals surface area (Å²) in [7, 11) is 0. The van der Waals surface area contributed by atoms with E-state index in [0.29, 0.717) is 13.2 Å². The van der Waals surface area contributed by atoms with E-state index < -0.39 is 0 Å². The summed E-state index contributed by atoms with van der Waals surface area (Å²) in [5.74, 6) is 0.0500. The van der Waals surface area contributed by atoms with Crippen molar-refractivity contribution >= 4 is 5.97 Å². The standard InChI is InChI=1S/C15H23NO2/c1-5-18-15(17)14(11(2)3)16-10-13-8-6-7-12(4)9-13/h6-9,11,14,16H,5,10H2,1-4H3. The summed E-state index contributed by atoms with van der Waals surface area (Å²) in [4.78, 5) is 11.8. The van der Waals surface area contributed by atoms with E-state index in [1.165, 1.54) is 11.1 Å². The highest BCUT2D eigenvalue weighted by Gasteiger charge is 2.22. The van der Waals surface area contributed by atoms with Crippen molar-refractivity contribution in [1.29, 1.82) is 0 Å². The molecule has 0 aliphatic rings. The second-order valence-corrected chi connectivity index (χ2v) is 4.84. The molecule has 0 aliphatic heterocycles. The van der Waals surface area contributed by atoms with Crippen LogP contribution in [-0.4, -0.2) is 18.6 Å². The van der Waals surface area contributed by atoms with E-state index in [4.69, 9.17) is 4.74 Å². The number of rotatable bonds is 6. The number of ether oxygens (including phenoxy) is 1. The van der Waals surface area contributed by atoms with Gasteiger partial charge in [-0.2, -0.15) is 0 Å². The molecular weight excluding hydrogens is 226 g/mol. The van der Waals surface area contributed by atoms with Crippen molar-refractivity contribution in [2.75, 3.05) is 6.61 Å². The average Bonchev–Trinajstić information content (AvgIpc) is 2.29. The lowest BCUT2D eigenvalue weighted by Crippen LogP contribution is -2.41. The number of carbonyl (C=O) groups is 1. The van der Waals surface area contributed by atoms with E-state index in [-0.39, 0.29) is 17.9 Å². The first-order valence-corrected chi connectivity index (χ1v) is 6.50. The molecule has 0 saturated carbocycles. The lowest BCUT2D eigenvalue weighted by atomic mass is 10.0. The molecule has 3 nitrogen and oxygen atoms in total. The van der Waals surface area contributed by atoms with Gasteiger partial charge in [-0.15, -0.1) is 0 Å². The lowest BCUT2D eigenvalue weighted by Gasteiger charge is -2.20. The Morgan fingerprint density at radius 2 is 2.11 bits per heavy atom. The topological polar surface area (TPSA) is 38.3 Å². The highest BCUT2D eigenvalue weighted by molar-refractivity contribution is 5.76. The zero-order chi connectivity index (χ0) is 13.5. The fourth-order valence-electron chi connectivity index (χ4n) is 1.87. The molecule has 1 aromatic carbocycles. The highest BCUT2D eigenvalue weighted by Crippen LogP contribution is 2.08. The molecule has 0 saturated heterocycles. The van der Waals surface area contributed by atoms with Crippen LogP contribution in [0.2, 0.25) is 0 Å². The molecule has 1 atom stereocenters. The Labute approximate surface area is 110 Å². The molecule has 1 aromatic rings. The van der Waals surface area contributed by atoms with Crippen LogP contribution >= 0.6 is 0 Å². The molecule has 0 fully saturated rings. The van der Waals surface area contributed by atoms with Crippen LogP contribution in [0.1, 0.15) is 31.9 Å². The van der Waals surface area contributed by atoms with Crippen molar-refractivity contribution in [2.24, 2.45) is 5.92 Å². The summed E-state index contributed by atoms with van der Waals surface area (Å²) in [6.07, 6.45) is 0. The smallest absolute Gasteiger partial charge is 0.323 e. The van der Waals surface area contributed by atoms with Crippen molar-refractivity contribution in [3.8, 4) is 0 Å². The Hall–Kier alpha value is -1.35. The largest absolute Gasteiger partial charge is 0.465 e. The Bertz CT molecular complexity index is 388. The molecular formula is C15H23NO2. The van der Waals surface area contributed by atoms with E-state index in [1.54, 1.807) is 0 Å². The van der Waals surface area contributed by atoms with Gasteiger partial charge >= 0.3 is 5.97 Å². The molecule has 1 rings (SSSR count). The third-order valence-electron chi connectivity index (χ3n) is 2.82. The van der Waals surface area contributed by atoms with Crippen LogP contribution in [0.25, 0.3) is 0 Å². The number of aryl methyl sites for hydroxylation is 1. The quantitative estimate of drug-likeness (QED) is 0.788. The first-order chi connectivity index (χ1) is 8.54. The number of hydrogen-bond donors (Lipinski definition) is 1. The van der Waals surface area contributed by atoms with Gasteiger partial charge in [-0.1, -0.05) is 43.7 Å².